The highest BCUT2D eigenvalue weighted by Gasteiger charge is 2.29. The van der Waals surface area contributed by atoms with Crippen LogP contribution in [0.1, 0.15) is 29.3 Å². The zero-order valence-corrected chi connectivity index (χ0v) is 16.9. The van der Waals surface area contributed by atoms with Gasteiger partial charge in [-0.05, 0) is 48.2 Å². The van der Waals surface area contributed by atoms with Gasteiger partial charge in [0.05, 0.1) is 30.3 Å². The Bertz CT molecular complexity index is 1130. The fourth-order valence-corrected chi connectivity index (χ4v) is 4.28. The minimum atomic E-state index is 0.245. The van der Waals surface area contributed by atoms with Crippen molar-refractivity contribution in [3.63, 3.8) is 0 Å². The summed E-state index contributed by atoms with van der Waals surface area (Å²) < 4.78 is 2.33. The largest absolute Gasteiger partial charge is 0.322 e. The molecule has 30 heavy (non-hydrogen) atoms. The summed E-state index contributed by atoms with van der Waals surface area (Å²) in [5.41, 5.74) is 6.32. The lowest BCUT2D eigenvalue weighted by Crippen LogP contribution is -2.33. The monoisotopic (exact) mass is 391 g/mol. The predicted molar refractivity (Wildman–Crippen MR) is 124 cm³/mol. The number of aromatic nitrogens is 1. The highest BCUT2D eigenvalue weighted by molar-refractivity contribution is 5.86. The molecule has 1 aliphatic heterocycles. The first-order valence-corrected chi connectivity index (χ1v) is 10.5. The smallest absolute Gasteiger partial charge is 0.0905 e. The van der Waals surface area contributed by atoms with Gasteiger partial charge in [0.25, 0.3) is 0 Å². The Morgan fingerprint density at radius 2 is 1.37 bits per heavy atom. The zero-order valence-electron chi connectivity index (χ0n) is 16.9. The van der Waals surface area contributed by atoms with Crippen molar-refractivity contribution in [3.05, 3.63) is 120 Å². The molecule has 4 aromatic rings. The average Bonchev–Trinajstić information content (AvgIpc) is 3.30. The standard InChI is InChI=1S/C27H25N3/c1-3-10-22(11-4-1)17-18-27-25-16-9-19-29(25)24-14-7-8-15-26(24)30(27)21-28-20-23-12-5-2-6-13-23/h1-16,19,21,27H,17-18,20H2. The number of rotatable bonds is 6. The molecule has 0 aliphatic carbocycles. The summed E-state index contributed by atoms with van der Waals surface area (Å²) in [6.07, 6.45) is 6.27. The van der Waals surface area contributed by atoms with E-state index in [9.17, 15) is 0 Å². The summed E-state index contributed by atoms with van der Waals surface area (Å²) in [7, 11) is 0. The van der Waals surface area contributed by atoms with Gasteiger partial charge >= 0.3 is 0 Å². The van der Waals surface area contributed by atoms with E-state index in [0.29, 0.717) is 6.54 Å². The zero-order chi connectivity index (χ0) is 20.2. The van der Waals surface area contributed by atoms with Crippen LogP contribution in [-0.2, 0) is 13.0 Å². The molecule has 148 valence electrons. The van der Waals surface area contributed by atoms with E-state index in [1.165, 1.54) is 28.2 Å². The van der Waals surface area contributed by atoms with Crippen LogP contribution in [0.25, 0.3) is 5.69 Å². The molecule has 0 amide bonds. The third-order valence-corrected chi connectivity index (χ3v) is 5.75. The Morgan fingerprint density at radius 1 is 0.700 bits per heavy atom. The molecule has 1 atom stereocenters. The number of para-hydroxylation sites is 2. The molecule has 3 aromatic carbocycles. The van der Waals surface area contributed by atoms with Crippen LogP contribution >= 0.6 is 0 Å². The maximum atomic E-state index is 4.82. The second-order valence-corrected chi connectivity index (χ2v) is 7.68. The molecule has 3 heteroatoms. The van der Waals surface area contributed by atoms with Crippen molar-refractivity contribution < 1.29 is 0 Å². The second-order valence-electron chi connectivity index (χ2n) is 7.68. The van der Waals surface area contributed by atoms with E-state index in [1.807, 2.05) is 12.4 Å². The molecule has 5 rings (SSSR count). The molecule has 0 radical (unpaired) electrons. The molecule has 3 nitrogen and oxygen atoms in total. The van der Waals surface area contributed by atoms with Gasteiger partial charge in [0, 0.05) is 11.9 Å². The van der Waals surface area contributed by atoms with Crippen LogP contribution in [0.3, 0.4) is 0 Å². The lowest BCUT2D eigenvalue weighted by atomic mass is 9.99. The maximum Gasteiger partial charge on any atom is 0.0905 e. The van der Waals surface area contributed by atoms with Gasteiger partial charge in [0.15, 0.2) is 0 Å². The first-order valence-electron chi connectivity index (χ1n) is 10.5. The van der Waals surface area contributed by atoms with Crippen molar-refractivity contribution in [2.24, 2.45) is 4.99 Å². The van der Waals surface area contributed by atoms with Crippen LogP contribution in [0.15, 0.2) is 108 Å². The van der Waals surface area contributed by atoms with E-state index in [1.54, 1.807) is 0 Å². The first-order chi connectivity index (χ1) is 14.9. The van der Waals surface area contributed by atoms with Crippen LogP contribution in [0.2, 0.25) is 0 Å². The van der Waals surface area contributed by atoms with Gasteiger partial charge in [-0.1, -0.05) is 72.8 Å². The van der Waals surface area contributed by atoms with Gasteiger partial charge < -0.3 is 9.47 Å². The summed E-state index contributed by atoms with van der Waals surface area (Å²) in [4.78, 5) is 7.18. The SMILES string of the molecule is C(=NCc1ccccc1)N1c2ccccc2-n2cccc2C1CCc1ccccc1. The lowest BCUT2D eigenvalue weighted by molar-refractivity contribution is 0.601. The van der Waals surface area contributed by atoms with Crippen LogP contribution in [0, 0.1) is 0 Å². The normalized spacial score (nSPS) is 15.2. The molecule has 0 spiro atoms. The number of hydrogen-bond acceptors (Lipinski definition) is 1. The number of fused-ring (bicyclic) bond motifs is 3. The van der Waals surface area contributed by atoms with Gasteiger partial charge in [0.1, 0.15) is 0 Å². The summed E-state index contributed by atoms with van der Waals surface area (Å²) in [5.74, 6) is 0. The molecule has 0 fully saturated rings. The topological polar surface area (TPSA) is 20.5 Å². The summed E-state index contributed by atoms with van der Waals surface area (Å²) in [6.45, 7) is 0.686. The molecule has 0 saturated heterocycles. The highest BCUT2D eigenvalue weighted by atomic mass is 15.2. The minimum Gasteiger partial charge on any atom is -0.322 e. The molecule has 0 saturated carbocycles. The van der Waals surface area contributed by atoms with Crippen molar-refractivity contribution in [1.82, 2.24) is 4.57 Å². The van der Waals surface area contributed by atoms with E-state index in [0.717, 1.165) is 12.8 Å². The molecular weight excluding hydrogens is 366 g/mol. The van der Waals surface area contributed by atoms with E-state index in [-0.39, 0.29) is 6.04 Å². The van der Waals surface area contributed by atoms with E-state index < -0.39 is 0 Å². The quantitative estimate of drug-likeness (QED) is 0.283. The second kappa shape index (κ2) is 8.42. The summed E-state index contributed by atoms with van der Waals surface area (Å²) in [5, 5.41) is 0. The van der Waals surface area contributed by atoms with Crippen LogP contribution in [-0.4, -0.2) is 10.9 Å². The number of anilines is 1. The van der Waals surface area contributed by atoms with Crippen LogP contribution < -0.4 is 4.90 Å². The molecule has 2 heterocycles. The third-order valence-electron chi connectivity index (χ3n) is 5.75. The number of benzene rings is 3. The molecule has 0 N–H and O–H groups in total. The van der Waals surface area contributed by atoms with Gasteiger partial charge in [-0.2, -0.15) is 0 Å². The van der Waals surface area contributed by atoms with Crippen molar-refractivity contribution in [3.8, 4) is 5.69 Å². The lowest BCUT2D eigenvalue weighted by Gasteiger charge is -2.37. The van der Waals surface area contributed by atoms with Gasteiger partial charge in [-0.15, -0.1) is 0 Å². The average molecular weight is 392 g/mol. The summed E-state index contributed by atoms with van der Waals surface area (Å²) in [6, 6.07) is 34.4. The predicted octanol–water partition coefficient (Wildman–Crippen LogP) is 6.20. The van der Waals surface area contributed by atoms with Crippen LogP contribution in [0.4, 0.5) is 5.69 Å². The molecule has 1 unspecified atom stereocenters. The van der Waals surface area contributed by atoms with Crippen molar-refractivity contribution >= 4 is 12.0 Å². The Hall–Kier alpha value is -3.59. The number of aliphatic imine (C=N–C) groups is 1. The Labute approximate surface area is 177 Å². The van der Waals surface area contributed by atoms with Crippen LogP contribution in [0.5, 0.6) is 0 Å². The fourth-order valence-electron chi connectivity index (χ4n) is 4.28. The maximum absolute atomic E-state index is 4.82. The van der Waals surface area contributed by atoms with Gasteiger partial charge in [0.2, 0.25) is 0 Å². The highest BCUT2D eigenvalue weighted by Crippen LogP contribution is 2.40. The molecule has 1 aliphatic rings. The van der Waals surface area contributed by atoms with E-state index >= 15 is 0 Å². The van der Waals surface area contributed by atoms with Crippen molar-refractivity contribution in [2.75, 3.05) is 4.90 Å². The summed E-state index contributed by atoms with van der Waals surface area (Å²) >= 11 is 0. The molecule has 1 aromatic heterocycles. The van der Waals surface area contributed by atoms with E-state index in [2.05, 4.69) is 107 Å². The van der Waals surface area contributed by atoms with Crippen molar-refractivity contribution in [2.45, 2.75) is 25.4 Å². The van der Waals surface area contributed by atoms with E-state index in [4.69, 9.17) is 4.99 Å². The Kier molecular flexibility index (Phi) is 5.17. The Balaban J connectivity index is 1.47. The number of hydrogen-bond donors (Lipinski definition) is 0. The third kappa shape index (κ3) is 3.67. The fraction of sp³-hybridized carbons (Fsp3) is 0.148. The van der Waals surface area contributed by atoms with Gasteiger partial charge in [-0.3, -0.25) is 4.99 Å². The van der Waals surface area contributed by atoms with Gasteiger partial charge in [-0.25, -0.2) is 0 Å². The minimum absolute atomic E-state index is 0.245. The number of nitrogens with zero attached hydrogens (tertiary/aromatic N) is 3. The molecular formula is C27H25N3. The van der Waals surface area contributed by atoms with Crippen molar-refractivity contribution in [1.29, 1.82) is 0 Å². The Morgan fingerprint density at radius 3 is 2.13 bits per heavy atom. The number of aryl methyl sites for hydroxylation is 1. The first kappa shape index (κ1) is 18.4. The molecule has 0 bridgehead atoms.